The lowest BCUT2D eigenvalue weighted by Crippen LogP contribution is -2.68. The average Bonchev–Trinajstić information content (AvgIpc) is 2.67. The molecule has 0 aromatic rings. The Morgan fingerprint density at radius 3 is 2.60 bits per heavy atom. The van der Waals surface area contributed by atoms with E-state index in [-0.39, 0.29) is 25.0 Å². The van der Waals surface area contributed by atoms with E-state index in [1.165, 1.54) is 12.8 Å². The molecule has 174 valence electrons. The van der Waals surface area contributed by atoms with Crippen molar-refractivity contribution in [3.8, 4) is 0 Å². The molecule has 0 spiro atoms. The third-order valence-corrected chi connectivity index (χ3v) is 6.26. The zero-order chi connectivity index (χ0) is 21.7. The number of amides is 2. The summed E-state index contributed by atoms with van der Waals surface area (Å²) in [5, 5.41) is 18.7. The number of carbonyl (C=O) groups is 1. The Morgan fingerprint density at radius 1 is 1.10 bits per heavy atom. The molecule has 7 nitrogen and oxygen atoms in total. The first-order valence-electron chi connectivity index (χ1n) is 10.9. The van der Waals surface area contributed by atoms with Crippen LogP contribution in [0.25, 0.3) is 0 Å². The van der Waals surface area contributed by atoms with Gasteiger partial charge < -0.3 is 21.3 Å². The molecule has 30 heavy (non-hydrogen) atoms. The van der Waals surface area contributed by atoms with Crippen molar-refractivity contribution < 1.29 is 22.4 Å². The van der Waals surface area contributed by atoms with Crippen molar-refractivity contribution >= 4 is 6.03 Å². The number of carbonyl (C=O) groups excluding carboxylic acids is 1. The Kier molecular flexibility index (Phi) is 8.17. The summed E-state index contributed by atoms with van der Waals surface area (Å²) < 4.78 is 52.5. The SMILES string of the molecule is CC1CC(NCC2CCCNC2)NC(NC(=O)NC2CCC(F)C(C(F)(F)F)C2)N1. The lowest BCUT2D eigenvalue weighted by Gasteiger charge is -2.38. The molecule has 7 unspecified atom stereocenters. The van der Waals surface area contributed by atoms with Gasteiger partial charge in [0.15, 0.2) is 0 Å². The summed E-state index contributed by atoms with van der Waals surface area (Å²) in [5.41, 5.74) is 0. The first kappa shape index (κ1) is 23.5. The summed E-state index contributed by atoms with van der Waals surface area (Å²) in [6.07, 6.45) is -4.22. The molecule has 3 rings (SSSR count). The zero-order valence-corrected chi connectivity index (χ0v) is 17.3. The van der Waals surface area contributed by atoms with Crippen LogP contribution in [0.3, 0.4) is 0 Å². The van der Waals surface area contributed by atoms with E-state index in [0.29, 0.717) is 5.92 Å². The van der Waals surface area contributed by atoms with E-state index in [2.05, 4.69) is 31.9 Å². The molecule has 0 bridgehead atoms. The fourth-order valence-corrected chi connectivity index (χ4v) is 4.62. The molecule has 6 N–H and O–H groups in total. The molecule has 0 aromatic heterocycles. The summed E-state index contributed by atoms with van der Waals surface area (Å²) in [7, 11) is 0. The smallest absolute Gasteiger partial charge is 0.335 e. The highest BCUT2D eigenvalue weighted by Crippen LogP contribution is 2.39. The maximum Gasteiger partial charge on any atom is 0.394 e. The van der Waals surface area contributed by atoms with E-state index >= 15 is 0 Å². The van der Waals surface area contributed by atoms with Crippen molar-refractivity contribution in [2.24, 2.45) is 11.8 Å². The van der Waals surface area contributed by atoms with Crippen molar-refractivity contribution in [3.05, 3.63) is 0 Å². The van der Waals surface area contributed by atoms with Crippen molar-refractivity contribution in [2.45, 2.75) is 82.3 Å². The number of alkyl halides is 4. The van der Waals surface area contributed by atoms with Gasteiger partial charge in [-0.2, -0.15) is 13.2 Å². The number of nitrogens with one attached hydrogen (secondary N) is 6. The lowest BCUT2D eigenvalue weighted by atomic mass is 9.84. The molecule has 2 amide bonds. The van der Waals surface area contributed by atoms with E-state index in [9.17, 15) is 22.4 Å². The molecule has 3 aliphatic rings. The molecule has 7 atom stereocenters. The van der Waals surface area contributed by atoms with Gasteiger partial charge in [-0.3, -0.25) is 10.6 Å². The summed E-state index contributed by atoms with van der Waals surface area (Å²) >= 11 is 0. The number of hydrogen-bond donors (Lipinski definition) is 6. The van der Waals surface area contributed by atoms with Gasteiger partial charge in [-0.15, -0.1) is 0 Å². The van der Waals surface area contributed by atoms with E-state index in [1.807, 2.05) is 6.92 Å². The average molecular weight is 439 g/mol. The van der Waals surface area contributed by atoms with Crippen LogP contribution in [0.1, 0.15) is 45.4 Å². The molecule has 1 saturated carbocycles. The van der Waals surface area contributed by atoms with Crippen LogP contribution in [0.5, 0.6) is 0 Å². The third-order valence-electron chi connectivity index (χ3n) is 6.26. The maximum absolute atomic E-state index is 13.6. The van der Waals surface area contributed by atoms with Crippen LogP contribution in [0, 0.1) is 11.8 Å². The molecule has 0 radical (unpaired) electrons. The van der Waals surface area contributed by atoms with Gasteiger partial charge in [-0.05, 0) is 64.5 Å². The summed E-state index contributed by atoms with van der Waals surface area (Å²) in [4.78, 5) is 12.3. The van der Waals surface area contributed by atoms with Gasteiger partial charge in [0.1, 0.15) is 12.5 Å². The van der Waals surface area contributed by atoms with Crippen molar-refractivity contribution in [1.82, 2.24) is 31.9 Å². The minimum absolute atomic E-state index is 0.0186. The van der Waals surface area contributed by atoms with Gasteiger partial charge in [-0.1, -0.05) is 0 Å². The fraction of sp³-hybridized carbons (Fsp3) is 0.947. The van der Waals surface area contributed by atoms with Crippen molar-refractivity contribution in [1.29, 1.82) is 0 Å². The molecule has 0 aromatic carbocycles. The van der Waals surface area contributed by atoms with Crippen LogP contribution in [0.2, 0.25) is 0 Å². The Bertz CT molecular complexity index is 560. The fourth-order valence-electron chi connectivity index (χ4n) is 4.62. The summed E-state index contributed by atoms with van der Waals surface area (Å²) in [6, 6.07) is -1.11. The van der Waals surface area contributed by atoms with Gasteiger partial charge in [-0.25, -0.2) is 9.18 Å². The largest absolute Gasteiger partial charge is 0.394 e. The minimum atomic E-state index is -4.59. The standard InChI is InChI=1S/C19H34F4N6O/c1-11-7-16(25-10-12-3-2-6-24-9-12)28-17(26-11)29-18(30)27-13-4-5-15(20)14(8-13)19(21,22)23/h11-17,24-26,28H,2-10H2,1H3,(H2,27,29,30). The highest BCUT2D eigenvalue weighted by Gasteiger charge is 2.48. The second-order valence-corrected chi connectivity index (χ2v) is 8.87. The van der Waals surface area contributed by atoms with Crippen LogP contribution >= 0.6 is 0 Å². The van der Waals surface area contributed by atoms with Crippen molar-refractivity contribution in [2.75, 3.05) is 19.6 Å². The quantitative estimate of drug-likeness (QED) is 0.367. The Morgan fingerprint density at radius 2 is 1.90 bits per heavy atom. The second-order valence-electron chi connectivity index (χ2n) is 8.87. The van der Waals surface area contributed by atoms with Crippen LogP contribution in [-0.2, 0) is 0 Å². The topological polar surface area (TPSA) is 89.2 Å². The maximum atomic E-state index is 13.6. The Labute approximate surface area is 174 Å². The Balaban J connectivity index is 1.43. The summed E-state index contributed by atoms with van der Waals surface area (Å²) in [5.74, 6) is -1.45. The van der Waals surface area contributed by atoms with Gasteiger partial charge >= 0.3 is 12.2 Å². The van der Waals surface area contributed by atoms with E-state index in [4.69, 9.17) is 0 Å². The predicted octanol–water partition coefficient (Wildman–Crippen LogP) is 1.53. The zero-order valence-electron chi connectivity index (χ0n) is 17.3. The molecule has 3 fully saturated rings. The molecule has 1 aliphatic carbocycles. The van der Waals surface area contributed by atoms with Gasteiger partial charge in [0.05, 0.1) is 12.1 Å². The number of hydrogen-bond acceptors (Lipinski definition) is 5. The molecular formula is C19H34F4N6O. The molecule has 11 heteroatoms. The van der Waals surface area contributed by atoms with Gasteiger partial charge in [0.25, 0.3) is 0 Å². The Hall–Kier alpha value is -1.17. The van der Waals surface area contributed by atoms with E-state index in [0.717, 1.165) is 26.1 Å². The predicted molar refractivity (Wildman–Crippen MR) is 105 cm³/mol. The number of rotatable bonds is 5. The van der Waals surface area contributed by atoms with Crippen molar-refractivity contribution in [3.63, 3.8) is 0 Å². The molecule has 2 saturated heterocycles. The van der Waals surface area contributed by atoms with Crippen LogP contribution in [-0.4, -0.2) is 62.6 Å². The third kappa shape index (κ3) is 6.93. The van der Waals surface area contributed by atoms with Crippen LogP contribution < -0.4 is 31.9 Å². The van der Waals surface area contributed by atoms with Gasteiger partial charge in [0, 0.05) is 18.6 Å². The monoisotopic (exact) mass is 438 g/mol. The second kappa shape index (κ2) is 10.4. The van der Waals surface area contributed by atoms with Gasteiger partial charge in [0.2, 0.25) is 0 Å². The first-order valence-corrected chi connectivity index (χ1v) is 10.9. The molecular weight excluding hydrogens is 404 g/mol. The van der Waals surface area contributed by atoms with E-state index < -0.39 is 43.0 Å². The number of urea groups is 1. The first-order chi connectivity index (χ1) is 14.2. The molecule has 2 aliphatic heterocycles. The molecule has 2 heterocycles. The number of halogens is 4. The highest BCUT2D eigenvalue weighted by atomic mass is 19.4. The minimum Gasteiger partial charge on any atom is -0.335 e. The number of piperidine rings is 1. The van der Waals surface area contributed by atoms with Crippen LogP contribution in [0.15, 0.2) is 0 Å². The highest BCUT2D eigenvalue weighted by molar-refractivity contribution is 5.74. The van der Waals surface area contributed by atoms with Crippen LogP contribution in [0.4, 0.5) is 22.4 Å². The van der Waals surface area contributed by atoms with E-state index in [1.54, 1.807) is 0 Å². The summed E-state index contributed by atoms with van der Waals surface area (Å²) in [6.45, 7) is 4.96. The normalized spacial score (nSPS) is 38.1. The lowest BCUT2D eigenvalue weighted by molar-refractivity contribution is -0.199.